The summed E-state index contributed by atoms with van der Waals surface area (Å²) in [6.45, 7) is 6.20. The van der Waals surface area contributed by atoms with Crippen molar-refractivity contribution in [2.75, 3.05) is 18.5 Å². The molecule has 0 aliphatic carbocycles. The first-order valence-electron chi connectivity index (χ1n) is 8.22. The molecule has 1 aliphatic rings. The summed E-state index contributed by atoms with van der Waals surface area (Å²) in [5.74, 6) is 0.587. The van der Waals surface area contributed by atoms with Gasteiger partial charge in [-0.25, -0.2) is 0 Å². The monoisotopic (exact) mass is 349 g/mol. The lowest BCUT2D eigenvalue weighted by molar-refractivity contribution is -0.393. The Balaban J connectivity index is 2.04. The molecule has 0 amide bonds. The van der Waals surface area contributed by atoms with E-state index in [1.807, 2.05) is 0 Å². The van der Waals surface area contributed by atoms with Gasteiger partial charge in [0.25, 0.3) is 5.69 Å². The first-order chi connectivity index (χ1) is 11.8. The van der Waals surface area contributed by atoms with E-state index in [0.29, 0.717) is 5.92 Å². The Morgan fingerprint density at radius 1 is 1.36 bits per heavy atom. The van der Waals surface area contributed by atoms with Crippen molar-refractivity contribution in [1.29, 1.82) is 0 Å². The summed E-state index contributed by atoms with van der Waals surface area (Å²) in [4.78, 5) is 20.5. The van der Waals surface area contributed by atoms with E-state index in [1.165, 1.54) is 25.0 Å². The Kier molecular flexibility index (Phi) is 6.02. The number of nitro groups is 2. The van der Waals surface area contributed by atoms with Crippen LogP contribution in [0.25, 0.3) is 0 Å². The van der Waals surface area contributed by atoms with Crippen LogP contribution in [0.5, 0.6) is 0 Å². The Bertz CT molecular complexity index is 668. The fraction of sp³-hybridized carbons (Fsp3) is 0.562. The summed E-state index contributed by atoms with van der Waals surface area (Å²) in [6.07, 6.45) is 5.07. The number of nitro benzene ring substituents is 2. The zero-order chi connectivity index (χ0) is 18.4. The molecule has 2 N–H and O–H groups in total. The molecule has 9 heteroatoms. The molecule has 0 aromatic heterocycles. The number of non-ortho nitro benzene ring substituents is 1. The van der Waals surface area contributed by atoms with Gasteiger partial charge in [0.05, 0.1) is 15.9 Å². The predicted molar refractivity (Wildman–Crippen MR) is 95.9 cm³/mol. The number of benzene rings is 1. The lowest BCUT2D eigenvalue weighted by Gasteiger charge is -2.29. The van der Waals surface area contributed by atoms with Gasteiger partial charge in [0.15, 0.2) is 0 Å². The van der Waals surface area contributed by atoms with Gasteiger partial charge in [0.1, 0.15) is 5.69 Å². The Labute approximate surface area is 145 Å². The molecule has 0 bridgehead atoms. The molecule has 1 saturated heterocycles. The number of anilines is 1. The molecule has 136 valence electrons. The summed E-state index contributed by atoms with van der Waals surface area (Å²) in [5.41, 5.74) is 1.91. The topological polar surface area (TPSA) is 123 Å². The average molecular weight is 349 g/mol. The van der Waals surface area contributed by atoms with Gasteiger partial charge in [-0.15, -0.1) is 0 Å². The molecule has 1 heterocycles. The van der Waals surface area contributed by atoms with Crippen molar-refractivity contribution < 1.29 is 9.85 Å². The van der Waals surface area contributed by atoms with E-state index in [9.17, 15) is 20.2 Å². The highest BCUT2D eigenvalue weighted by molar-refractivity contribution is 5.69. The fourth-order valence-electron chi connectivity index (χ4n) is 3.05. The molecular weight excluding hydrogens is 326 g/mol. The maximum atomic E-state index is 11.1. The molecule has 0 spiro atoms. The molecule has 0 saturated carbocycles. The average Bonchev–Trinajstić information content (AvgIpc) is 2.55. The van der Waals surface area contributed by atoms with E-state index in [1.54, 1.807) is 6.21 Å². The van der Waals surface area contributed by atoms with Gasteiger partial charge in [0, 0.05) is 17.7 Å². The lowest BCUT2D eigenvalue weighted by Crippen LogP contribution is -2.33. The van der Waals surface area contributed by atoms with Gasteiger partial charge in [-0.05, 0) is 44.3 Å². The summed E-state index contributed by atoms with van der Waals surface area (Å²) in [5, 5.41) is 29.4. The summed E-state index contributed by atoms with van der Waals surface area (Å²) in [7, 11) is 0. The summed E-state index contributed by atoms with van der Waals surface area (Å²) < 4.78 is 0. The van der Waals surface area contributed by atoms with Crippen molar-refractivity contribution >= 4 is 23.3 Å². The number of hydrazone groups is 1. The van der Waals surface area contributed by atoms with Crippen molar-refractivity contribution in [3.05, 3.63) is 38.4 Å². The van der Waals surface area contributed by atoms with Crippen LogP contribution in [0.3, 0.4) is 0 Å². The van der Waals surface area contributed by atoms with Crippen LogP contribution in [0.2, 0.25) is 0 Å². The van der Waals surface area contributed by atoms with Crippen LogP contribution >= 0.6 is 0 Å². The molecule has 1 fully saturated rings. The van der Waals surface area contributed by atoms with Crippen LogP contribution in [-0.4, -0.2) is 29.2 Å². The van der Waals surface area contributed by atoms with Crippen LogP contribution < -0.4 is 10.7 Å². The van der Waals surface area contributed by atoms with Crippen LogP contribution in [0.4, 0.5) is 17.1 Å². The normalized spacial score (nSPS) is 18.2. The highest BCUT2D eigenvalue weighted by Gasteiger charge is 2.24. The van der Waals surface area contributed by atoms with Crippen molar-refractivity contribution in [2.45, 2.75) is 33.1 Å². The molecule has 25 heavy (non-hydrogen) atoms. The molecule has 1 unspecified atom stereocenters. The minimum atomic E-state index is -0.665. The minimum absolute atomic E-state index is 0.127. The SMILES string of the molecule is CC(C)(C=NNc1ccc([N+](=O)[O-])cc1[N+](=O)[O-])CC1CCCNC1. The largest absolute Gasteiger partial charge is 0.316 e. The number of piperidine rings is 1. The number of nitrogens with one attached hydrogen (secondary N) is 2. The number of nitrogens with zero attached hydrogens (tertiary/aromatic N) is 3. The summed E-state index contributed by atoms with van der Waals surface area (Å²) in [6, 6.07) is 3.44. The predicted octanol–water partition coefficient (Wildman–Crippen LogP) is 3.32. The van der Waals surface area contributed by atoms with Crippen LogP contribution in [-0.2, 0) is 0 Å². The fourth-order valence-corrected chi connectivity index (χ4v) is 3.05. The standard InChI is InChI=1S/C16H23N5O4/c1-16(2,9-12-4-3-7-17-10-12)11-18-19-14-6-5-13(20(22)23)8-15(14)21(24)25/h5-6,8,11-12,17,19H,3-4,7,9-10H2,1-2H3. The lowest BCUT2D eigenvalue weighted by atomic mass is 9.81. The van der Waals surface area contributed by atoms with E-state index >= 15 is 0 Å². The number of rotatable bonds is 7. The second kappa shape index (κ2) is 8.02. The molecular formula is C16H23N5O4. The summed E-state index contributed by atoms with van der Waals surface area (Å²) >= 11 is 0. The van der Waals surface area contributed by atoms with Gasteiger partial charge in [-0.2, -0.15) is 5.10 Å². The Morgan fingerprint density at radius 3 is 2.72 bits per heavy atom. The van der Waals surface area contributed by atoms with Gasteiger partial charge >= 0.3 is 5.69 Å². The first-order valence-corrected chi connectivity index (χ1v) is 8.22. The van der Waals surface area contributed by atoms with E-state index in [-0.39, 0.29) is 22.5 Å². The van der Waals surface area contributed by atoms with Gasteiger partial charge in [-0.3, -0.25) is 25.7 Å². The van der Waals surface area contributed by atoms with Crippen LogP contribution in [0, 0.1) is 31.6 Å². The van der Waals surface area contributed by atoms with E-state index in [4.69, 9.17) is 0 Å². The number of hydrogen-bond acceptors (Lipinski definition) is 7. The molecule has 1 atom stereocenters. The second-order valence-electron chi connectivity index (χ2n) is 6.99. The van der Waals surface area contributed by atoms with Gasteiger partial charge < -0.3 is 5.32 Å². The van der Waals surface area contributed by atoms with E-state index < -0.39 is 9.85 Å². The third-order valence-corrected chi connectivity index (χ3v) is 4.20. The highest BCUT2D eigenvalue weighted by Crippen LogP contribution is 2.30. The van der Waals surface area contributed by atoms with Crippen molar-refractivity contribution in [3.8, 4) is 0 Å². The molecule has 2 rings (SSSR count). The minimum Gasteiger partial charge on any atom is -0.316 e. The van der Waals surface area contributed by atoms with Gasteiger partial charge in [-0.1, -0.05) is 13.8 Å². The maximum absolute atomic E-state index is 11.1. The second-order valence-corrected chi connectivity index (χ2v) is 6.99. The van der Waals surface area contributed by atoms with Crippen molar-refractivity contribution in [1.82, 2.24) is 5.32 Å². The molecule has 0 radical (unpaired) electrons. The van der Waals surface area contributed by atoms with E-state index in [0.717, 1.165) is 25.6 Å². The van der Waals surface area contributed by atoms with Crippen LogP contribution in [0.1, 0.15) is 33.1 Å². The smallest absolute Gasteiger partial charge is 0.301 e. The van der Waals surface area contributed by atoms with Crippen molar-refractivity contribution in [3.63, 3.8) is 0 Å². The maximum Gasteiger partial charge on any atom is 0.301 e. The Morgan fingerprint density at radius 2 is 2.12 bits per heavy atom. The molecule has 1 aliphatic heterocycles. The Hall–Kier alpha value is -2.55. The molecule has 1 aromatic rings. The third-order valence-electron chi connectivity index (χ3n) is 4.20. The quantitative estimate of drug-likeness (QED) is 0.442. The zero-order valence-electron chi connectivity index (χ0n) is 14.4. The first kappa shape index (κ1) is 18.8. The number of hydrogen-bond donors (Lipinski definition) is 2. The molecule has 1 aromatic carbocycles. The highest BCUT2D eigenvalue weighted by atomic mass is 16.6. The van der Waals surface area contributed by atoms with Crippen molar-refractivity contribution in [2.24, 2.45) is 16.4 Å². The molecule has 9 nitrogen and oxygen atoms in total. The zero-order valence-corrected chi connectivity index (χ0v) is 14.4. The van der Waals surface area contributed by atoms with Gasteiger partial charge in [0.2, 0.25) is 0 Å². The third kappa shape index (κ3) is 5.49. The van der Waals surface area contributed by atoms with E-state index in [2.05, 4.69) is 29.7 Å². The van der Waals surface area contributed by atoms with Crippen LogP contribution in [0.15, 0.2) is 23.3 Å².